The highest BCUT2D eigenvalue weighted by atomic mass is 79.9. The van der Waals surface area contributed by atoms with Crippen molar-refractivity contribution in [2.24, 2.45) is 0 Å². The topological polar surface area (TPSA) is 109 Å². The van der Waals surface area contributed by atoms with Crippen LogP contribution in [0, 0.1) is 11.3 Å². The molecule has 0 saturated heterocycles. The number of nitrogens with one attached hydrogen (secondary N) is 1. The minimum Gasteiger partial charge on any atom is -0.342 e. The zero-order valence-corrected chi connectivity index (χ0v) is 18.6. The summed E-state index contributed by atoms with van der Waals surface area (Å²) < 4.78 is 1.44. The van der Waals surface area contributed by atoms with Crippen LogP contribution < -0.4 is 5.32 Å². The van der Waals surface area contributed by atoms with Crippen LogP contribution in [0.1, 0.15) is 52.7 Å². The Kier molecular flexibility index (Phi) is 5.49. The summed E-state index contributed by atoms with van der Waals surface area (Å²) in [7, 11) is 0. The zero-order valence-electron chi connectivity index (χ0n) is 15.6. The fraction of sp³-hybridized carbons (Fsp3) is 0.263. The van der Waals surface area contributed by atoms with E-state index in [-0.39, 0.29) is 17.5 Å². The van der Waals surface area contributed by atoms with E-state index in [1.165, 1.54) is 23.4 Å². The van der Waals surface area contributed by atoms with Crippen LogP contribution in [0.4, 0.5) is 0 Å². The zero-order chi connectivity index (χ0) is 21.5. The lowest BCUT2D eigenvalue weighted by atomic mass is 10.1. The Balaban J connectivity index is 1.56. The van der Waals surface area contributed by atoms with Gasteiger partial charge in [-0.1, -0.05) is 15.9 Å². The summed E-state index contributed by atoms with van der Waals surface area (Å²) in [5.41, 5.74) is 1.58. The van der Waals surface area contributed by atoms with Gasteiger partial charge in [-0.2, -0.15) is 15.0 Å². The average molecular weight is 507 g/mol. The number of nitriles is 1. The molecule has 1 fully saturated rings. The van der Waals surface area contributed by atoms with E-state index in [0.29, 0.717) is 23.6 Å². The smallest absolute Gasteiger partial charge is 0.251 e. The second-order valence-corrected chi connectivity index (χ2v) is 9.35. The van der Waals surface area contributed by atoms with Crippen molar-refractivity contribution in [1.82, 2.24) is 30.0 Å². The minimum absolute atomic E-state index is 0.00231. The predicted octanol–water partition coefficient (Wildman–Crippen LogP) is 3.84. The third-order valence-electron chi connectivity index (χ3n) is 4.70. The van der Waals surface area contributed by atoms with Gasteiger partial charge >= 0.3 is 0 Å². The molecule has 1 aliphatic rings. The number of benzene rings is 1. The summed E-state index contributed by atoms with van der Waals surface area (Å²) in [4.78, 5) is 25.1. The van der Waals surface area contributed by atoms with E-state index >= 15 is 0 Å². The Hall–Kier alpha value is -2.54. The number of nitrogens with zero attached hydrogens (tertiary/aromatic N) is 6. The quantitative estimate of drug-likeness (QED) is 0.526. The van der Waals surface area contributed by atoms with Crippen LogP contribution in [0.15, 0.2) is 41.4 Å². The van der Waals surface area contributed by atoms with Crippen LogP contribution in [-0.2, 0) is 0 Å². The molecule has 0 aliphatic heterocycles. The Bertz CT molecular complexity index is 1170. The summed E-state index contributed by atoms with van der Waals surface area (Å²) in [6.07, 6.45) is 3.28. The standard InChI is InChI=1S/C19H14BrCl2N7O/c1-10(17-26-9-27-29(17)16-5-14(7-23)24-8-25-16)28-18(30)12-2-11(3-13(20)4-12)15-6-19(15,21)22/h2-5,8-10,15H,6H2,1H3,(H,28,30)/t10-,15?/m0/s1. The van der Waals surface area contributed by atoms with E-state index in [9.17, 15) is 4.79 Å². The average Bonchev–Trinajstić information content (AvgIpc) is 3.13. The lowest BCUT2D eigenvalue weighted by Gasteiger charge is -2.15. The molecule has 8 nitrogen and oxygen atoms in total. The third kappa shape index (κ3) is 4.17. The van der Waals surface area contributed by atoms with Crippen molar-refractivity contribution >= 4 is 45.0 Å². The van der Waals surface area contributed by atoms with Gasteiger partial charge in [0.1, 0.15) is 28.8 Å². The predicted molar refractivity (Wildman–Crippen MR) is 113 cm³/mol. The Labute approximate surface area is 190 Å². The molecule has 1 unspecified atom stereocenters. The van der Waals surface area contributed by atoms with E-state index in [0.717, 1.165) is 10.0 Å². The fourth-order valence-corrected chi connectivity index (χ4v) is 4.18. The number of hydrogen-bond donors (Lipinski definition) is 1. The van der Waals surface area contributed by atoms with Crippen molar-refractivity contribution in [2.45, 2.75) is 29.6 Å². The molecule has 3 aromatic rings. The van der Waals surface area contributed by atoms with Gasteiger partial charge < -0.3 is 5.32 Å². The van der Waals surface area contributed by atoms with Crippen LogP contribution in [0.2, 0.25) is 0 Å². The molecule has 1 N–H and O–H groups in total. The summed E-state index contributed by atoms with van der Waals surface area (Å²) >= 11 is 15.8. The maximum atomic E-state index is 12.9. The lowest BCUT2D eigenvalue weighted by molar-refractivity contribution is 0.0937. The van der Waals surface area contributed by atoms with Crippen LogP contribution in [0.5, 0.6) is 0 Å². The van der Waals surface area contributed by atoms with E-state index in [2.05, 4.69) is 41.3 Å². The molecule has 1 saturated carbocycles. The number of carbonyl (C=O) groups is 1. The molecule has 2 heterocycles. The first-order valence-corrected chi connectivity index (χ1v) is 10.4. The van der Waals surface area contributed by atoms with Crippen LogP contribution in [0.25, 0.3) is 5.82 Å². The highest BCUT2D eigenvalue weighted by Crippen LogP contribution is 2.59. The van der Waals surface area contributed by atoms with Gasteiger partial charge in [-0.25, -0.2) is 15.0 Å². The second-order valence-electron chi connectivity index (χ2n) is 6.89. The van der Waals surface area contributed by atoms with Gasteiger partial charge in [0.15, 0.2) is 11.6 Å². The molecule has 1 aromatic carbocycles. The van der Waals surface area contributed by atoms with E-state index in [1.54, 1.807) is 19.1 Å². The number of carbonyl (C=O) groups excluding carboxylic acids is 1. The fourth-order valence-electron chi connectivity index (χ4n) is 3.11. The number of alkyl halides is 2. The van der Waals surface area contributed by atoms with E-state index in [4.69, 9.17) is 28.5 Å². The molecule has 0 bridgehead atoms. The second kappa shape index (κ2) is 7.95. The van der Waals surface area contributed by atoms with Crippen molar-refractivity contribution in [1.29, 1.82) is 5.26 Å². The SMILES string of the molecule is C[C@H](NC(=O)c1cc(Br)cc(C2CC2(Cl)Cl)c1)c1ncnn1-c1cc(C#N)ncn1. The maximum absolute atomic E-state index is 12.9. The normalized spacial score (nSPS) is 17.8. The molecule has 4 rings (SSSR count). The lowest BCUT2D eigenvalue weighted by Crippen LogP contribution is -2.29. The highest BCUT2D eigenvalue weighted by Gasteiger charge is 2.52. The minimum atomic E-state index is -0.780. The Morgan fingerprint density at radius 3 is 2.77 bits per heavy atom. The molecular formula is C19H14BrCl2N7O. The van der Waals surface area contributed by atoms with E-state index < -0.39 is 10.4 Å². The molecule has 0 spiro atoms. The molecule has 30 heavy (non-hydrogen) atoms. The van der Waals surface area contributed by atoms with Gasteiger partial charge in [0.05, 0.1) is 6.04 Å². The molecule has 2 aromatic heterocycles. The summed E-state index contributed by atoms with van der Waals surface area (Å²) in [6, 6.07) is 8.40. The Morgan fingerprint density at radius 1 is 1.30 bits per heavy atom. The highest BCUT2D eigenvalue weighted by molar-refractivity contribution is 9.10. The van der Waals surface area contributed by atoms with Gasteiger partial charge in [0.25, 0.3) is 5.91 Å². The van der Waals surface area contributed by atoms with Crippen molar-refractivity contribution < 1.29 is 4.79 Å². The van der Waals surface area contributed by atoms with Crippen LogP contribution in [0.3, 0.4) is 0 Å². The van der Waals surface area contributed by atoms with Gasteiger partial charge in [0, 0.05) is 22.0 Å². The summed E-state index contributed by atoms with van der Waals surface area (Å²) in [5, 5.41) is 16.1. The first-order chi connectivity index (χ1) is 14.3. The van der Waals surface area contributed by atoms with Gasteiger partial charge in [-0.05, 0) is 37.1 Å². The number of halogens is 3. The number of aromatic nitrogens is 5. The molecule has 152 valence electrons. The molecular weight excluding hydrogens is 493 g/mol. The van der Waals surface area contributed by atoms with Crippen molar-refractivity contribution in [2.75, 3.05) is 0 Å². The first-order valence-electron chi connectivity index (χ1n) is 8.90. The maximum Gasteiger partial charge on any atom is 0.251 e. The van der Waals surface area contributed by atoms with E-state index in [1.807, 2.05) is 12.1 Å². The Morgan fingerprint density at radius 2 is 2.07 bits per heavy atom. The third-order valence-corrected chi connectivity index (χ3v) is 6.00. The van der Waals surface area contributed by atoms with Crippen LogP contribution in [-0.4, -0.2) is 35.0 Å². The number of rotatable bonds is 5. The number of hydrogen-bond acceptors (Lipinski definition) is 6. The molecule has 0 radical (unpaired) electrons. The first kappa shape index (κ1) is 20.7. The van der Waals surface area contributed by atoms with Crippen molar-refractivity contribution in [3.8, 4) is 11.9 Å². The van der Waals surface area contributed by atoms with Crippen molar-refractivity contribution in [3.63, 3.8) is 0 Å². The van der Waals surface area contributed by atoms with Gasteiger partial charge in [-0.3, -0.25) is 4.79 Å². The van der Waals surface area contributed by atoms with Gasteiger partial charge in [-0.15, -0.1) is 23.2 Å². The van der Waals surface area contributed by atoms with Crippen LogP contribution >= 0.6 is 39.1 Å². The van der Waals surface area contributed by atoms with Crippen molar-refractivity contribution in [3.05, 3.63) is 64.0 Å². The number of amides is 1. The molecule has 1 aliphatic carbocycles. The summed E-state index contributed by atoms with van der Waals surface area (Å²) in [5.74, 6) is 0.561. The summed E-state index contributed by atoms with van der Waals surface area (Å²) in [6.45, 7) is 1.78. The molecule has 11 heteroatoms. The molecule has 1 amide bonds. The monoisotopic (exact) mass is 505 g/mol. The largest absolute Gasteiger partial charge is 0.342 e. The molecule has 2 atom stereocenters. The van der Waals surface area contributed by atoms with Gasteiger partial charge in [0.2, 0.25) is 0 Å².